The van der Waals surface area contributed by atoms with E-state index in [1.54, 1.807) is 0 Å². The molecule has 8 heteroatoms. The summed E-state index contributed by atoms with van der Waals surface area (Å²) < 4.78 is 42.0. The van der Waals surface area contributed by atoms with Crippen LogP contribution in [0.15, 0.2) is 41.3 Å². The van der Waals surface area contributed by atoms with E-state index in [0.717, 1.165) is 9.87 Å². The maximum Gasteiger partial charge on any atom is 0.338 e. The molecule has 0 unspecified atom stereocenters. The Morgan fingerprint density at radius 2 is 1.77 bits per heavy atom. The zero-order valence-electron chi connectivity index (χ0n) is 18.3. The normalized spacial score (nSPS) is 11.6. The van der Waals surface area contributed by atoms with E-state index in [4.69, 9.17) is 14.2 Å². The molecule has 0 aliphatic rings. The van der Waals surface area contributed by atoms with Gasteiger partial charge in [-0.1, -0.05) is 19.9 Å². The molecule has 164 valence electrons. The van der Waals surface area contributed by atoms with Gasteiger partial charge in [0.25, 0.3) is 0 Å². The van der Waals surface area contributed by atoms with Crippen LogP contribution in [0.25, 0.3) is 0 Å². The van der Waals surface area contributed by atoms with Gasteiger partial charge in [-0.3, -0.25) is 0 Å². The van der Waals surface area contributed by atoms with Crippen LogP contribution in [0.3, 0.4) is 0 Å². The number of hydrogen-bond donors (Lipinski definition) is 0. The Labute approximate surface area is 178 Å². The molecule has 0 spiro atoms. The van der Waals surface area contributed by atoms with Gasteiger partial charge in [0.2, 0.25) is 10.0 Å². The van der Waals surface area contributed by atoms with Gasteiger partial charge in [-0.2, -0.15) is 0 Å². The topological polar surface area (TPSA) is 82.1 Å². The van der Waals surface area contributed by atoms with Crippen LogP contribution >= 0.6 is 0 Å². The molecule has 0 aromatic heterocycles. The highest BCUT2D eigenvalue weighted by molar-refractivity contribution is 7.89. The van der Waals surface area contributed by atoms with E-state index in [-0.39, 0.29) is 29.4 Å². The molecular formula is C22H29NO6S. The fraction of sp³-hybridized carbons (Fsp3) is 0.409. The Morgan fingerprint density at radius 1 is 1.07 bits per heavy atom. The van der Waals surface area contributed by atoms with Crippen LogP contribution in [0, 0.1) is 6.92 Å². The predicted molar refractivity (Wildman–Crippen MR) is 115 cm³/mol. The number of sulfonamides is 1. The zero-order valence-corrected chi connectivity index (χ0v) is 19.1. The van der Waals surface area contributed by atoms with Crippen molar-refractivity contribution in [3.8, 4) is 11.5 Å². The van der Waals surface area contributed by atoms with Crippen LogP contribution in [0.5, 0.6) is 11.5 Å². The number of esters is 1. The fourth-order valence-corrected chi connectivity index (χ4v) is 4.04. The molecule has 0 fully saturated rings. The van der Waals surface area contributed by atoms with Crippen LogP contribution in [0.4, 0.5) is 0 Å². The number of nitrogens with zero attached hydrogens (tertiary/aromatic N) is 1. The first-order chi connectivity index (χ1) is 14.1. The largest absolute Gasteiger partial charge is 0.495 e. The van der Waals surface area contributed by atoms with Crippen molar-refractivity contribution in [3.63, 3.8) is 0 Å². The SMILES string of the molecule is COc1ccc(C(=O)OCCOc2ccc(C(C)C)c(C)c2)cc1S(=O)(=O)N(C)C. The highest BCUT2D eigenvalue weighted by Crippen LogP contribution is 2.27. The van der Waals surface area contributed by atoms with Gasteiger partial charge >= 0.3 is 5.97 Å². The molecule has 30 heavy (non-hydrogen) atoms. The number of carbonyl (C=O) groups excluding carboxylic acids is 1. The smallest absolute Gasteiger partial charge is 0.338 e. The summed E-state index contributed by atoms with van der Waals surface area (Å²) in [5.41, 5.74) is 2.53. The minimum atomic E-state index is -3.77. The first-order valence-electron chi connectivity index (χ1n) is 9.59. The molecule has 0 radical (unpaired) electrons. The third-order valence-corrected chi connectivity index (χ3v) is 6.44. The third-order valence-electron chi connectivity index (χ3n) is 4.61. The number of rotatable bonds is 9. The summed E-state index contributed by atoms with van der Waals surface area (Å²) in [5.74, 6) is 0.661. The van der Waals surface area contributed by atoms with Crippen molar-refractivity contribution < 1.29 is 27.4 Å². The highest BCUT2D eigenvalue weighted by Gasteiger charge is 2.24. The third kappa shape index (κ3) is 5.52. The predicted octanol–water partition coefficient (Wildman–Crippen LogP) is 3.61. The van der Waals surface area contributed by atoms with Gasteiger partial charge in [0, 0.05) is 14.1 Å². The zero-order chi connectivity index (χ0) is 22.5. The van der Waals surface area contributed by atoms with Crippen molar-refractivity contribution in [2.45, 2.75) is 31.6 Å². The number of benzene rings is 2. The van der Waals surface area contributed by atoms with Crippen molar-refractivity contribution in [1.29, 1.82) is 0 Å². The average Bonchev–Trinajstić information content (AvgIpc) is 2.70. The minimum absolute atomic E-state index is 0.0333. The summed E-state index contributed by atoms with van der Waals surface area (Å²) in [6, 6.07) is 10.0. The van der Waals surface area contributed by atoms with Gasteiger partial charge in [0.05, 0.1) is 12.7 Å². The van der Waals surface area contributed by atoms with Crippen LogP contribution in [0.1, 0.15) is 41.3 Å². The number of carbonyl (C=O) groups is 1. The van der Waals surface area contributed by atoms with Crippen LogP contribution in [-0.2, 0) is 14.8 Å². The van der Waals surface area contributed by atoms with Gasteiger partial charge in [-0.15, -0.1) is 0 Å². The average molecular weight is 436 g/mol. The van der Waals surface area contributed by atoms with Gasteiger partial charge in [0.1, 0.15) is 29.6 Å². The molecule has 2 aromatic carbocycles. The molecule has 0 amide bonds. The van der Waals surface area contributed by atoms with E-state index < -0.39 is 16.0 Å². The molecule has 2 rings (SSSR count). The molecule has 7 nitrogen and oxygen atoms in total. The summed E-state index contributed by atoms with van der Waals surface area (Å²) >= 11 is 0. The number of methoxy groups -OCH3 is 1. The maximum absolute atomic E-state index is 12.5. The summed E-state index contributed by atoms with van der Waals surface area (Å²) in [4.78, 5) is 12.3. The van der Waals surface area contributed by atoms with Crippen LogP contribution in [0.2, 0.25) is 0 Å². The molecule has 0 atom stereocenters. The van der Waals surface area contributed by atoms with E-state index in [0.29, 0.717) is 11.7 Å². The van der Waals surface area contributed by atoms with Crippen LogP contribution < -0.4 is 9.47 Å². The lowest BCUT2D eigenvalue weighted by Gasteiger charge is -2.15. The lowest BCUT2D eigenvalue weighted by molar-refractivity contribution is 0.0450. The molecule has 0 aliphatic heterocycles. The Kier molecular flexibility index (Phi) is 7.86. The monoisotopic (exact) mass is 435 g/mol. The summed E-state index contributed by atoms with van der Waals surface area (Å²) in [6.45, 7) is 6.52. The van der Waals surface area contributed by atoms with Crippen molar-refractivity contribution in [1.82, 2.24) is 4.31 Å². The Bertz CT molecular complexity index is 999. The quantitative estimate of drug-likeness (QED) is 0.442. The highest BCUT2D eigenvalue weighted by atomic mass is 32.2. The van der Waals surface area contributed by atoms with Crippen LogP contribution in [-0.4, -0.2) is 53.1 Å². The van der Waals surface area contributed by atoms with Gasteiger partial charge in [0.15, 0.2) is 0 Å². The number of ether oxygens (including phenoxy) is 3. The number of aryl methyl sites for hydroxylation is 1. The molecular weight excluding hydrogens is 406 g/mol. The summed E-state index contributed by atoms with van der Waals surface area (Å²) in [6.07, 6.45) is 0. The van der Waals surface area contributed by atoms with Gasteiger partial charge in [-0.25, -0.2) is 17.5 Å². The number of hydrogen-bond acceptors (Lipinski definition) is 6. The minimum Gasteiger partial charge on any atom is -0.495 e. The molecule has 0 saturated carbocycles. The molecule has 0 aliphatic carbocycles. The van der Waals surface area contributed by atoms with E-state index in [9.17, 15) is 13.2 Å². The van der Waals surface area contributed by atoms with Gasteiger partial charge in [-0.05, 0) is 54.3 Å². The maximum atomic E-state index is 12.5. The van der Waals surface area contributed by atoms with Gasteiger partial charge < -0.3 is 14.2 Å². The first-order valence-corrected chi connectivity index (χ1v) is 11.0. The van der Waals surface area contributed by atoms with E-state index in [1.807, 2.05) is 25.1 Å². The Hall–Kier alpha value is -2.58. The van der Waals surface area contributed by atoms with E-state index in [1.165, 1.54) is 45.0 Å². The van der Waals surface area contributed by atoms with Crippen molar-refractivity contribution in [2.75, 3.05) is 34.4 Å². The molecule has 0 N–H and O–H groups in total. The van der Waals surface area contributed by atoms with E-state index >= 15 is 0 Å². The second-order valence-corrected chi connectivity index (χ2v) is 9.43. The van der Waals surface area contributed by atoms with Crippen molar-refractivity contribution in [3.05, 3.63) is 53.1 Å². The standard InChI is InChI=1S/C22H29NO6S/c1-15(2)19-9-8-18(13-16(19)3)28-11-12-29-22(24)17-7-10-20(27-6)21(14-17)30(25,26)23(4)5/h7-10,13-15H,11-12H2,1-6H3. The Morgan fingerprint density at radius 3 is 2.33 bits per heavy atom. The van der Waals surface area contributed by atoms with E-state index in [2.05, 4.69) is 13.8 Å². The summed E-state index contributed by atoms with van der Waals surface area (Å²) in [5, 5.41) is 0. The molecule has 2 aromatic rings. The Balaban J connectivity index is 2.01. The second kappa shape index (κ2) is 9.95. The molecule has 0 saturated heterocycles. The molecule has 0 heterocycles. The molecule has 0 bridgehead atoms. The van der Waals surface area contributed by atoms with Crippen molar-refractivity contribution in [2.24, 2.45) is 0 Å². The fourth-order valence-electron chi connectivity index (χ4n) is 2.96. The lowest BCUT2D eigenvalue weighted by atomic mass is 9.98. The second-order valence-electron chi connectivity index (χ2n) is 7.31. The lowest BCUT2D eigenvalue weighted by Crippen LogP contribution is -2.23. The summed E-state index contributed by atoms with van der Waals surface area (Å²) in [7, 11) is 0.413. The van der Waals surface area contributed by atoms with Crippen molar-refractivity contribution >= 4 is 16.0 Å². The first kappa shape index (κ1) is 23.7.